The van der Waals surface area contributed by atoms with Gasteiger partial charge in [-0.2, -0.15) is 0 Å². The fourth-order valence-corrected chi connectivity index (χ4v) is 0.493. The van der Waals surface area contributed by atoms with Crippen molar-refractivity contribution in [3.8, 4) is 0 Å². The second-order valence-corrected chi connectivity index (χ2v) is 3.29. The smallest absolute Gasteiger partial charge is 0.333 e. The molecular formula is C10H18NO3. The van der Waals surface area contributed by atoms with Gasteiger partial charge < -0.3 is 10.1 Å². The first kappa shape index (κ1) is 13.1. The van der Waals surface area contributed by atoms with E-state index in [-0.39, 0.29) is 6.61 Å². The van der Waals surface area contributed by atoms with Gasteiger partial charge in [-0.05, 0) is 33.4 Å². The normalized spacial score (nSPS) is 15.6. The molecule has 1 aliphatic heterocycles. The molecule has 0 spiro atoms. The van der Waals surface area contributed by atoms with E-state index in [1.54, 1.807) is 0 Å². The third-order valence-corrected chi connectivity index (χ3v) is 1.50. The summed E-state index contributed by atoms with van der Waals surface area (Å²) in [7, 11) is 0. The number of ether oxygens (including phenoxy) is 1. The second-order valence-electron chi connectivity index (χ2n) is 3.29. The predicted octanol–water partition coefficient (Wildman–Crippen LogP) is 0.904. The van der Waals surface area contributed by atoms with Gasteiger partial charge in [-0.15, -0.1) is 0 Å². The van der Waals surface area contributed by atoms with E-state index in [1.807, 2.05) is 0 Å². The molecule has 14 heavy (non-hydrogen) atoms. The highest BCUT2D eigenvalue weighted by Gasteiger charge is 2.04. The van der Waals surface area contributed by atoms with Gasteiger partial charge in [0.2, 0.25) is 0 Å². The Morgan fingerprint density at radius 2 is 2.00 bits per heavy atom. The van der Waals surface area contributed by atoms with Crippen LogP contribution in [0.25, 0.3) is 0 Å². The summed E-state index contributed by atoms with van der Waals surface area (Å²) in [5.74, 6) is -0.497. The zero-order valence-electron chi connectivity index (χ0n) is 8.84. The van der Waals surface area contributed by atoms with Crippen LogP contribution in [0.1, 0.15) is 20.3 Å². The third-order valence-electron chi connectivity index (χ3n) is 1.50. The molecule has 1 aliphatic rings. The highest BCUT2D eigenvalue weighted by Crippen LogP contribution is 1.93. The third kappa shape index (κ3) is 7.76. The molecule has 0 aliphatic carbocycles. The lowest BCUT2D eigenvalue weighted by atomic mass is 10.3. The molecule has 4 heteroatoms. The minimum Gasteiger partial charge on any atom is -0.459 e. The van der Waals surface area contributed by atoms with Gasteiger partial charge in [-0.1, -0.05) is 6.58 Å². The van der Waals surface area contributed by atoms with E-state index in [0.29, 0.717) is 5.57 Å². The minimum absolute atomic E-state index is 0.0777. The largest absolute Gasteiger partial charge is 0.459 e. The lowest BCUT2D eigenvalue weighted by Crippen LogP contribution is -2.29. The van der Waals surface area contributed by atoms with E-state index >= 15 is 0 Å². The van der Waals surface area contributed by atoms with Crippen LogP contribution < -0.4 is 5.32 Å². The number of carbonyl (C=O) groups excluding carboxylic acids is 1. The number of hydrogen-bond donors (Lipinski definition) is 1. The van der Waals surface area contributed by atoms with Crippen LogP contribution in [0.5, 0.6) is 0 Å². The number of esters is 1. The van der Waals surface area contributed by atoms with E-state index in [1.165, 1.54) is 33.4 Å². The topological polar surface area (TPSA) is 58.2 Å². The molecular weight excluding hydrogens is 182 g/mol. The summed E-state index contributed by atoms with van der Waals surface area (Å²) in [6, 6.07) is 0. The molecule has 1 saturated heterocycles. The molecule has 1 rings (SSSR count). The number of carbonyl (C=O) groups is 1. The Labute approximate surface area is 85.0 Å². The number of rotatable bonds is 3. The van der Waals surface area contributed by atoms with Crippen LogP contribution in [0, 0.1) is 0 Å². The summed E-state index contributed by atoms with van der Waals surface area (Å²) in [6.45, 7) is 8.75. The van der Waals surface area contributed by atoms with Gasteiger partial charge in [0.1, 0.15) is 12.7 Å². The molecule has 1 atom stereocenters. The Kier molecular flexibility index (Phi) is 7.06. The molecule has 0 aromatic carbocycles. The molecule has 1 unspecified atom stereocenters. The van der Waals surface area contributed by atoms with E-state index in [2.05, 4.69) is 16.6 Å². The molecule has 0 aromatic rings. The quantitative estimate of drug-likeness (QED) is 0.544. The van der Waals surface area contributed by atoms with E-state index < -0.39 is 12.1 Å². The van der Waals surface area contributed by atoms with Gasteiger partial charge in [0.05, 0.1) is 0 Å². The van der Waals surface area contributed by atoms with Crippen molar-refractivity contribution in [1.29, 1.82) is 0 Å². The van der Waals surface area contributed by atoms with Crippen LogP contribution in [0.4, 0.5) is 0 Å². The van der Waals surface area contributed by atoms with E-state index in [4.69, 9.17) is 0 Å². The average molecular weight is 200 g/mol. The summed E-state index contributed by atoms with van der Waals surface area (Å²) in [4.78, 5) is 10.6. The molecule has 4 nitrogen and oxygen atoms in total. The fraction of sp³-hybridized carbons (Fsp3) is 0.700. The minimum atomic E-state index is -0.858. The first-order chi connectivity index (χ1) is 6.54. The van der Waals surface area contributed by atoms with Crippen molar-refractivity contribution in [1.82, 2.24) is 5.32 Å². The first-order valence-corrected chi connectivity index (χ1v) is 4.73. The van der Waals surface area contributed by atoms with Gasteiger partial charge >= 0.3 is 5.97 Å². The number of hydrogen-bond acceptors (Lipinski definition) is 3. The zero-order valence-corrected chi connectivity index (χ0v) is 8.84. The zero-order chi connectivity index (χ0) is 11.0. The Morgan fingerprint density at radius 1 is 1.57 bits per heavy atom. The maximum atomic E-state index is 10.6. The average Bonchev–Trinajstić information content (AvgIpc) is 1.96. The van der Waals surface area contributed by atoms with Crippen molar-refractivity contribution in [3.05, 3.63) is 12.2 Å². The summed E-state index contributed by atoms with van der Waals surface area (Å²) in [6.07, 6.45) is 0.531. The van der Waals surface area contributed by atoms with E-state index in [9.17, 15) is 9.90 Å². The van der Waals surface area contributed by atoms with Crippen LogP contribution in [-0.4, -0.2) is 31.8 Å². The van der Waals surface area contributed by atoms with Crippen molar-refractivity contribution in [2.75, 3.05) is 19.7 Å². The molecule has 0 aromatic heterocycles. The van der Waals surface area contributed by atoms with Crippen LogP contribution in [-0.2, 0) is 14.6 Å². The molecule has 1 N–H and O–H groups in total. The lowest BCUT2D eigenvalue weighted by molar-refractivity contribution is -0.142. The van der Waals surface area contributed by atoms with Crippen molar-refractivity contribution >= 4 is 5.97 Å². The SMILES string of the molecule is C1CNC1.C=C(C)C(=O)OCC(C)[O]. The van der Waals surface area contributed by atoms with Crippen molar-refractivity contribution in [2.24, 2.45) is 0 Å². The van der Waals surface area contributed by atoms with Gasteiger partial charge in [0, 0.05) is 5.57 Å². The lowest BCUT2D eigenvalue weighted by Gasteiger charge is -2.09. The highest BCUT2D eigenvalue weighted by molar-refractivity contribution is 5.86. The molecule has 1 heterocycles. The highest BCUT2D eigenvalue weighted by atomic mass is 16.5. The Balaban J connectivity index is 0.000000344. The van der Waals surface area contributed by atoms with Crippen LogP contribution in [0.2, 0.25) is 0 Å². The van der Waals surface area contributed by atoms with Crippen LogP contribution >= 0.6 is 0 Å². The fourth-order valence-electron chi connectivity index (χ4n) is 0.493. The molecule has 1 fully saturated rings. The first-order valence-electron chi connectivity index (χ1n) is 4.73. The van der Waals surface area contributed by atoms with Crippen LogP contribution in [0.15, 0.2) is 12.2 Å². The molecule has 0 saturated carbocycles. The molecule has 0 bridgehead atoms. The van der Waals surface area contributed by atoms with Crippen molar-refractivity contribution in [3.63, 3.8) is 0 Å². The summed E-state index contributed by atoms with van der Waals surface area (Å²) in [5.41, 5.74) is 0.320. The van der Waals surface area contributed by atoms with Gasteiger partial charge in [0.25, 0.3) is 0 Å². The van der Waals surface area contributed by atoms with Crippen molar-refractivity contribution < 1.29 is 14.6 Å². The van der Waals surface area contributed by atoms with Gasteiger partial charge in [-0.3, -0.25) is 0 Å². The number of nitrogens with one attached hydrogen (secondary N) is 1. The maximum absolute atomic E-state index is 10.6. The Morgan fingerprint density at radius 3 is 2.21 bits per heavy atom. The summed E-state index contributed by atoms with van der Waals surface area (Å²) in [5, 5.41) is 13.5. The second kappa shape index (κ2) is 7.53. The standard InChI is InChI=1S/C7H11O3.C3H7N/c1-5(2)7(9)10-4-6(3)8;1-2-4-3-1/h6H,1,4H2,2-3H3;4H,1-3H2. The van der Waals surface area contributed by atoms with E-state index in [0.717, 1.165) is 0 Å². The summed E-state index contributed by atoms with van der Waals surface area (Å²) < 4.78 is 4.51. The monoisotopic (exact) mass is 200 g/mol. The molecule has 1 radical (unpaired) electrons. The molecule has 81 valence electrons. The van der Waals surface area contributed by atoms with Crippen LogP contribution in [0.3, 0.4) is 0 Å². The van der Waals surface area contributed by atoms with Gasteiger partial charge in [-0.25, -0.2) is 9.90 Å². The maximum Gasteiger partial charge on any atom is 0.333 e. The Bertz CT molecular complexity index is 182. The van der Waals surface area contributed by atoms with Gasteiger partial charge in [0.15, 0.2) is 0 Å². The van der Waals surface area contributed by atoms with Crippen molar-refractivity contribution in [2.45, 2.75) is 26.4 Å². The Hall–Kier alpha value is -0.870. The predicted molar refractivity (Wildman–Crippen MR) is 53.4 cm³/mol. The molecule has 0 amide bonds. The summed E-state index contributed by atoms with van der Waals surface area (Å²) >= 11 is 0.